The van der Waals surface area contributed by atoms with Gasteiger partial charge in [0.1, 0.15) is 5.54 Å². The van der Waals surface area contributed by atoms with Gasteiger partial charge in [-0.25, -0.2) is 4.90 Å². The number of aromatic nitrogens is 1. The quantitative estimate of drug-likeness (QED) is 0.379. The lowest BCUT2D eigenvalue weighted by molar-refractivity contribution is -0.130. The maximum absolute atomic E-state index is 14.2. The number of benzene rings is 3. The lowest BCUT2D eigenvalue weighted by Gasteiger charge is -2.29. The van der Waals surface area contributed by atoms with E-state index >= 15 is 0 Å². The number of H-pyrrole nitrogens is 1. The summed E-state index contributed by atoms with van der Waals surface area (Å²) >= 11 is 0. The van der Waals surface area contributed by atoms with Gasteiger partial charge in [-0.15, -0.1) is 0 Å². The first kappa shape index (κ1) is 22.0. The molecule has 0 aliphatic carbocycles. The van der Waals surface area contributed by atoms with Gasteiger partial charge in [0.15, 0.2) is 0 Å². The minimum Gasteiger partial charge on any atom is -0.361 e. The van der Waals surface area contributed by atoms with E-state index in [0.717, 1.165) is 33.2 Å². The molecule has 7 nitrogen and oxygen atoms in total. The van der Waals surface area contributed by atoms with E-state index in [4.69, 9.17) is 0 Å². The fourth-order valence-electron chi connectivity index (χ4n) is 6.80. The van der Waals surface area contributed by atoms with Crippen LogP contribution in [0.25, 0.3) is 10.9 Å². The van der Waals surface area contributed by atoms with E-state index in [-0.39, 0.29) is 17.7 Å². The molecule has 184 valence electrons. The van der Waals surface area contributed by atoms with Crippen LogP contribution in [0.15, 0.2) is 72.9 Å². The van der Waals surface area contributed by atoms with E-state index in [0.29, 0.717) is 17.8 Å². The van der Waals surface area contributed by atoms with Crippen LogP contribution in [0.4, 0.5) is 11.4 Å². The predicted molar refractivity (Wildman–Crippen MR) is 141 cm³/mol. The highest BCUT2D eigenvalue weighted by Gasteiger charge is 2.70. The molecule has 4 heterocycles. The summed E-state index contributed by atoms with van der Waals surface area (Å²) in [4.78, 5) is 46.6. The van der Waals surface area contributed by atoms with Crippen LogP contribution in [-0.4, -0.2) is 28.7 Å². The molecule has 1 aromatic heterocycles. The van der Waals surface area contributed by atoms with Crippen molar-refractivity contribution in [2.24, 2.45) is 11.8 Å². The van der Waals surface area contributed by atoms with Gasteiger partial charge >= 0.3 is 0 Å². The van der Waals surface area contributed by atoms with Crippen molar-refractivity contribution in [3.05, 3.63) is 95.2 Å². The first-order valence-corrected chi connectivity index (χ1v) is 12.6. The van der Waals surface area contributed by atoms with Crippen molar-refractivity contribution >= 4 is 40.0 Å². The molecule has 3 amide bonds. The minimum absolute atomic E-state index is 0.258. The molecule has 2 saturated heterocycles. The number of imide groups is 1. The number of rotatable bonds is 3. The predicted octanol–water partition coefficient (Wildman–Crippen LogP) is 3.95. The zero-order valence-electron chi connectivity index (χ0n) is 20.5. The maximum Gasteiger partial charge on any atom is 0.250 e. The largest absolute Gasteiger partial charge is 0.361 e. The van der Waals surface area contributed by atoms with Crippen LogP contribution in [-0.2, 0) is 26.3 Å². The number of fused-ring (bicyclic) bond motifs is 5. The highest BCUT2D eigenvalue weighted by Crippen LogP contribution is 2.54. The number of carbonyl (C=O) groups excluding carboxylic acids is 3. The summed E-state index contributed by atoms with van der Waals surface area (Å²) in [6.45, 7) is 3.90. The Morgan fingerprint density at radius 3 is 2.43 bits per heavy atom. The van der Waals surface area contributed by atoms with E-state index in [1.54, 1.807) is 0 Å². The number of anilines is 2. The molecule has 3 aromatic carbocycles. The van der Waals surface area contributed by atoms with Gasteiger partial charge in [-0.05, 0) is 61.2 Å². The third-order valence-corrected chi connectivity index (χ3v) is 8.20. The Labute approximate surface area is 213 Å². The molecule has 1 spiro atoms. The molecular formula is C30H26N4O3. The first-order valence-electron chi connectivity index (χ1n) is 12.6. The van der Waals surface area contributed by atoms with Crippen molar-refractivity contribution in [1.82, 2.24) is 10.3 Å². The van der Waals surface area contributed by atoms with Crippen LogP contribution < -0.4 is 15.5 Å². The first-order chi connectivity index (χ1) is 17.9. The topological polar surface area (TPSA) is 94.3 Å². The Bertz CT molecular complexity index is 1620. The SMILES string of the molecule is Cc1cc(C)cc(N2C(=O)[C@H]3[C@@H](C2=O)[C@@]2(N[C@@H]3Cc3c[nH]c4ccccc34)C(=O)Nc3ccccc32)c1. The summed E-state index contributed by atoms with van der Waals surface area (Å²) in [5, 5.41) is 7.58. The smallest absolute Gasteiger partial charge is 0.250 e. The average Bonchev–Trinajstić information content (AvgIpc) is 3.57. The van der Waals surface area contributed by atoms with E-state index in [9.17, 15) is 14.4 Å². The van der Waals surface area contributed by atoms with Gasteiger partial charge in [0, 0.05) is 34.4 Å². The van der Waals surface area contributed by atoms with Gasteiger partial charge < -0.3 is 10.3 Å². The minimum atomic E-state index is -1.31. The lowest BCUT2D eigenvalue weighted by Crippen LogP contribution is -2.53. The van der Waals surface area contributed by atoms with Crippen LogP contribution in [0.3, 0.4) is 0 Å². The van der Waals surface area contributed by atoms with Crippen molar-refractivity contribution < 1.29 is 14.4 Å². The standard InChI is InChI=1S/C30H26N4O3/c1-16-11-17(2)13-19(12-16)34-27(35)25-24(14-18-15-31-22-9-5-3-7-20(18)22)33-30(26(25)28(34)36)21-8-4-6-10-23(21)32-29(30)37/h3-13,15,24-26,31,33H,14H2,1-2H3,(H,32,37)/t24-,25-,26+,30-/m1/s1. The molecule has 0 radical (unpaired) electrons. The third kappa shape index (κ3) is 2.95. The summed E-state index contributed by atoms with van der Waals surface area (Å²) < 4.78 is 0. The Morgan fingerprint density at radius 2 is 1.62 bits per heavy atom. The van der Waals surface area contributed by atoms with Gasteiger partial charge in [0.05, 0.1) is 17.5 Å². The van der Waals surface area contributed by atoms with E-state index in [1.165, 1.54) is 4.90 Å². The second-order valence-corrected chi connectivity index (χ2v) is 10.5. The number of nitrogens with one attached hydrogen (secondary N) is 3. The molecule has 0 unspecified atom stereocenters. The highest BCUT2D eigenvalue weighted by molar-refractivity contribution is 6.25. The van der Waals surface area contributed by atoms with Crippen LogP contribution in [0, 0.1) is 25.7 Å². The van der Waals surface area contributed by atoms with Crippen molar-refractivity contribution in [2.75, 3.05) is 10.2 Å². The fraction of sp³-hybridized carbons (Fsp3) is 0.233. The average molecular weight is 491 g/mol. The number of para-hydroxylation sites is 2. The van der Waals surface area contributed by atoms with Crippen molar-refractivity contribution in [1.29, 1.82) is 0 Å². The number of nitrogens with zero attached hydrogens (tertiary/aromatic N) is 1. The third-order valence-electron chi connectivity index (χ3n) is 8.20. The monoisotopic (exact) mass is 490 g/mol. The molecule has 3 aliphatic rings. The zero-order chi connectivity index (χ0) is 25.5. The summed E-state index contributed by atoms with van der Waals surface area (Å²) in [6, 6.07) is 20.8. The number of hydrogen-bond acceptors (Lipinski definition) is 4. The number of carbonyl (C=O) groups is 3. The Morgan fingerprint density at radius 1 is 0.892 bits per heavy atom. The summed E-state index contributed by atoms with van der Waals surface area (Å²) in [5.74, 6) is -2.40. The van der Waals surface area contributed by atoms with Crippen LogP contribution in [0.5, 0.6) is 0 Å². The molecule has 3 aliphatic heterocycles. The van der Waals surface area contributed by atoms with E-state index in [1.807, 2.05) is 86.8 Å². The van der Waals surface area contributed by atoms with Crippen LogP contribution >= 0.6 is 0 Å². The van der Waals surface area contributed by atoms with Crippen molar-refractivity contribution in [3.63, 3.8) is 0 Å². The Hall–Kier alpha value is -4.23. The molecule has 4 atom stereocenters. The van der Waals surface area contributed by atoms with Gasteiger partial charge in [0.25, 0.3) is 0 Å². The van der Waals surface area contributed by atoms with Crippen molar-refractivity contribution in [3.8, 4) is 0 Å². The number of hydrogen-bond donors (Lipinski definition) is 3. The molecule has 4 aromatic rings. The molecule has 3 N–H and O–H groups in total. The molecule has 0 saturated carbocycles. The van der Waals surface area contributed by atoms with Gasteiger partial charge in [0.2, 0.25) is 17.7 Å². The van der Waals surface area contributed by atoms with Gasteiger partial charge in [-0.3, -0.25) is 19.7 Å². The lowest BCUT2D eigenvalue weighted by atomic mass is 9.76. The Balaban J connectivity index is 1.38. The van der Waals surface area contributed by atoms with Crippen LogP contribution in [0.1, 0.15) is 22.3 Å². The van der Waals surface area contributed by atoms with E-state index < -0.39 is 23.4 Å². The van der Waals surface area contributed by atoms with Crippen LogP contribution in [0.2, 0.25) is 0 Å². The molecule has 0 bridgehead atoms. The zero-order valence-corrected chi connectivity index (χ0v) is 20.5. The van der Waals surface area contributed by atoms with Crippen molar-refractivity contribution in [2.45, 2.75) is 31.8 Å². The fourth-order valence-corrected chi connectivity index (χ4v) is 6.80. The molecule has 7 heteroatoms. The second kappa shape index (κ2) is 7.63. The highest BCUT2D eigenvalue weighted by atomic mass is 16.2. The molecule has 37 heavy (non-hydrogen) atoms. The number of aromatic amines is 1. The summed E-state index contributed by atoms with van der Waals surface area (Å²) in [7, 11) is 0. The second-order valence-electron chi connectivity index (χ2n) is 10.5. The normalized spacial score (nSPS) is 26.3. The number of amides is 3. The maximum atomic E-state index is 14.2. The van der Waals surface area contributed by atoms with Gasteiger partial charge in [-0.1, -0.05) is 42.5 Å². The van der Waals surface area contributed by atoms with Gasteiger partial charge in [-0.2, -0.15) is 0 Å². The Kier molecular flexibility index (Phi) is 4.54. The molecular weight excluding hydrogens is 464 g/mol. The summed E-state index contributed by atoms with van der Waals surface area (Å²) in [5.41, 5.74) is 4.65. The van der Waals surface area contributed by atoms with E-state index in [2.05, 4.69) is 15.6 Å². The summed E-state index contributed by atoms with van der Waals surface area (Å²) in [6.07, 6.45) is 2.46. The number of aryl methyl sites for hydroxylation is 2. The molecule has 2 fully saturated rings. The molecule has 7 rings (SSSR count).